The average molecular weight is 329 g/mol. The van der Waals surface area contributed by atoms with Crippen molar-refractivity contribution >= 4 is 46.0 Å². The summed E-state index contributed by atoms with van der Waals surface area (Å²) >= 11 is 0. The van der Waals surface area contributed by atoms with Crippen molar-refractivity contribution in [2.75, 3.05) is 0 Å². The molecule has 2 aromatic heterocycles. The van der Waals surface area contributed by atoms with E-state index in [9.17, 15) is 0 Å². The number of aromatic nitrogens is 2. The Hall–Kier alpha value is 0.239. The number of hydrogen-bond acceptors (Lipinski definition) is 1. The summed E-state index contributed by atoms with van der Waals surface area (Å²) in [6.45, 7) is 0. The maximum Gasteiger partial charge on any atom is 0.327 e. The minimum absolute atomic E-state index is 0.977. The Labute approximate surface area is 107 Å². The minimum atomic E-state index is -2.61. The molecule has 0 saturated carbocycles. The summed E-state index contributed by atoms with van der Waals surface area (Å²) in [5, 5.41) is 0. The van der Waals surface area contributed by atoms with Crippen LogP contribution < -0.4 is 4.40 Å². The second kappa shape index (κ2) is 6.09. The predicted molar refractivity (Wildman–Crippen MR) is 60.8 cm³/mol. The second-order valence-corrected chi connectivity index (χ2v) is 13.3. The van der Waals surface area contributed by atoms with E-state index >= 15 is 0 Å². The van der Waals surface area contributed by atoms with E-state index in [1.807, 2.05) is 41.1 Å². The van der Waals surface area contributed by atoms with Crippen molar-refractivity contribution in [1.29, 1.82) is 0 Å². The molecule has 2 nitrogen and oxygen atoms in total. The first-order valence-electron chi connectivity index (χ1n) is 3.71. The average Bonchev–Trinajstić information content (AvgIpc) is 2.16. The second-order valence-electron chi connectivity index (χ2n) is 2.39. The fraction of sp³-hybridized carbons (Fsp3) is 0. The van der Waals surface area contributed by atoms with Crippen molar-refractivity contribution < 1.29 is 13.6 Å². The third-order valence-electron chi connectivity index (χ3n) is 1.41. The first-order chi connectivity index (χ1) is 6.97. The molecule has 0 aliphatic carbocycles. The molecule has 0 spiro atoms. The zero-order valence-electron chi connectivity index (χ0n) is 7.30. The zero-order chi connectivity index (χ0) is 11.3. The number of rotatable bonds is 0. The van der Waals surface area contributed by atoms with Gasteiger partial charge in [0.15, 0.2) is 0 Å². The van der Waals surface area contributed by atoms with Gasteiger partial charge < -0.3 is 0 Å². The molecule has 0 N–H and O–H groups in total. The molecule has 0 unspecified atom stereocenters. The molecule has 0 amide bonds. The van der Waals surface area contributed by atoms with Crippen LogP contribution in [0.1, 0.15) is 0 Å². The molecule has 0 saturated heterocycles. The van der Waals surface area contributed by atoms with Crippen LogP contribution >= 0.6 is 40.4 Å². The van der Waals surface area contributed by atoms with Gasteiger partial charge in [0.2, 0.25) is 0 Å². The van der Waals surface area contributed by atoms with Crippen LogP contribution in [0, 0.1) is 0 Å². The summed E-state index contributed by atoms with van der Waals surface area (Å²) in [5.74, 6) is 0. The Kier molecular flexibility index (Phi) is 5.40. The van der Waals surface area contributed by atoms with E-state index in [0.717, 1.165) is 5.65 Å². The minimum Gasteiger partial charge on any atom is -0.203 e. The molecule has 85 valence electrons. The fourth-order valence-electron chi connectivity index (χ4n) is 0.933. The standard InChI is InChI=1S/C8H7N2.4ClH.Fe/c1-2-6-10-7-3-5-9-8(10)4-1;;;;;/h1-7H;4*1H;/q+1;;;;;+3/p-4. The summed E-state index contributed by atoms with van der Waals surface area (Å²) in [4.78, 5) is 4.14. The van der Waals surface area contributed by atoms with Gasteiger partial charge in [-0.15, -0.1) is 0 Å². The van der Waals surface area contributed by atoms with Crippen molar-refractivity contribution in [3.63, 3.8) is 0 Å². The zero-order valence-corrected chi connectivity index (χ0v) is 11.4. The Morgan fingerprint density at radius 1 is 1.00 bits per heavy atom. The van der Waals surface area contributed by atoms with Crippen molar-refractivity contribution in [2.45, 2.75) is 0 Å². The molecule has 15 heavy (non-hydrogen) atoms. The Morgan fingerprint density at radius 2 is 1.60 bits per heavy atom. The molecule has 0 atom stereocenters. The van der Waals surface area contributed by atoms with Gasteiger partial charge in [0.05, 0.1) is 12.4 Å². The monoisotopic (exact) mass is 327 g/mol. The molecule has 0 aliphatic heterocycles. The van der Waals surface area contributed by atoms with Gasteiger partial charge in [0.1, 0.15) is 6.20 Å². The van der Waals surface area contributed by atoms with Gasteiger partial charge >= 0.3 is 55.2 Å². The molecule has 2 rings (SSSR count). The van der Waals surface area contributed by atoms with Crippen LogP contribution in [-0.2, 0) is 9.20 Å². The first kappa shape index (κ1) is 13.3. The largest absolute Gasteiger partial charge is 0.327 e. The number of nitrogens with zero attached hydrogens (tertiary/aromatic N) is 2. The Balaban J connectivity index is 0.000000195. The summed E-state index contributed by atoms with van der Waals surface area (Å²) in [5.41, 5.74) is 0.977. The SMILES string of the molecule is [Cl][Fe-]([Cl])([Cl])[Cl].c1cc[n+]2cccnc2c1. The van der Waals surface area contributed by atoms with E-state index in [1.165, 1.54) is 0 Å². The molecule has 0 aromatic carbocycles. The Morgan fingerprint density at radius 3 is 2.20 bits per heavy atom. The van der Waals surface area contributed by atoms with Gasteiger partial charge in [0.25, 0.3) is 0 Å². The third-order valence-corrected chi connectivity index (χ3v) is 1.41. The molecule has 2 heterocycles. The van der Waals surface area contributed by atoms with Gasteiger partial charge in [-0.2, -0.15) is 0 Å². The number of hydrogen-bond donors (Lipinski definition) is 0. The van der Waals surface area contributed by atoms with E-state index in [-0.39, 0.29) is 0 Å². The predicted octanol–water partition coefficient (Wildman–Crippen LogP) is 3.58. The van der Waals surface area contributed by atoms with Crippen LogP contribution in [0.3, 0.4) is 0 Å². The van der Waals surface area contributed by atoms with Gasteiger partial charge in [0, 0.05) is 12.1 Å². The molecule has 0 bridgehead atoms. The van der Waals surface area contributed by atoms with E-state index in [4.69, 9.17) is 40.4 Å². The summed E-state index contributed by atoms with van der Waals surface area (Å²) in [6.07, 6.45) is 5.74. The topological polar surface area (TPSA) is 17.0 Å². The van der Waals surface area contributed by atoms with Crippen molar-refractivity contribution in [2.24, 2.45) is 0 Å². The van der Waals surface area contributed by atoms with Crippen molar-refractivity contribution in [3.8, 4) is 0 Å². The maximum absolute atomic E-state index is 4.95. The molecule has 7 heteroatoms. The maximum atomic E-state index is 4.95. The van der Waals surface area contributed by atoms with Crippen LogP contribution in [0.5, 0.6) is 0 Å². The summed E-state index contributed by atoms with van der Waals surface area (Å²) in [6, 6.07) is 7.84. The molecule has 2 aromatic rings. The number of fused-ring (bicyclic) bond motifs is 1. The smallest absolute Gasteiger partial charge is 0.203 e. The molecular weight excluding hydrogens is 322 g/mol. The first-order valence-corrected chi connectivity index (χ1v) is 9.79. The summed E-state index contributed by atoms with van der Waals surface area (Å²) in [7, 11) is 17.2. The molecule has 0 radical (unpaired) electrons. The van der Waals surface area contributed by atoms with Crippen LogP contribution in [0.4, 0.5) is 0 Å². The molecule has 0 fully saturated rings. The number of halogens is 4. The molecular formula is C8H7Cl4FeN2. The van der Waals surface area contributed by atoms with E-state index < -0.39 is 9.20 Å². The van der Waals surface area contributed by atoms with Gasteiger partial charge in [-0.1, -0.05) is 6.07 Å². The van der Waals surface area contributed by atoms with E-state index in [0.29, 0.717) is 0 Å². The van der Waals surface area contributed by atoms with Crippen LogP contribution in [0.15, 0.2) is 42.9 Å². The van der Waals surface area contributed by atoms with Crippen molar-refractivity contribution in [1.82, 2.24) is 4.98 Å². The van der Waals surface area contributed by atoms with E-state index in [2.05, 4.69) is 4.98 Å². The van der Waals surface area contributed by atoms with Crippen LogP contribution in [-0.4, -0.2) is 4.98 Å². The fourth-order valence-corrected chi connectivity index (χ4v) is 0.933. The third kappa shape index (κ3) is 6.41. The van der Waals surface area contributed by atoms with E-state index in [1.54, 1.807) is 6.20 Å². The summed E-state index contributed by atoms with van der Waals surface area (Å²) < 4.78 is 1.97. The van der Waals surface area contributed by atoms with Gasteiger partial charge in [-0.25, -0.2) is 4.40 Å². The molecule has 0 aliphatic rings. The quantitative estimate of drug-likeness (QED) is 0.533. The van der Waals surface area contributed by atoms with Gasteiger partial charge in [-0.3, -0.25) is 0 Å². The Bertz CT molecular complexity index is 361. The van der Waals surface area contributed by atoms with Crippen LogP contribution in [0.25, 0.3) is 5.65 Å². The van der Waals surface area contributed by atoms with Gasteiger partial charge in [-0.05, 0) is 11.1 Å². The van der Waals surface area contributed by atoms with Crippen LogP contribution in [0.2, 0.25) is 0 Å². The number of pyridine rings is 1. The normalized spacial score (nSPS) is 11.7. The van der Waals surface area contributed by atoms with Crippen molar-refractivity contribution in [3.05, 3.63) is 42.9 Å².